The van der Waals surface area contributed by atoms with Crippen LogP contribution >= 0.6 is 0 Å². The average Bonchev–Trinajstić information content (AvgIpc) is 3.88. The molecule has 1 aromatic heterocycles. The molecule has 316 valence electrons. The van der Waals surface area contributed by atoms with E-state index in [4.69, 9.17) is 9.15 Å². The number of hydrogen-bond donors (Lipinski definition) is 0. The highest BCUT2D eigenvalue weighted by Crippen LogP contribution is 2.60. The van der Waals surface area contributed by atoms with Gasteiger partial charge in [0.25, 0.3) is 0 Å². The van der Waals surface area contributed by atoms with Crippen LogP contribution in [0.25, 0.3) is 17.4 Å². The third-order valence-electron chi connectivity index (χ3n) is 14.6. The zero-order valence-corrected chi connectivity index (χ0v) is 36.8. The Morgan fingerprint density at radius 1 is 0.677 bits per heavy atom. The fraction of sp³-hybridized carbons (Fsp3) is 0.161. The van der Waals surface area contributed by atoms with Gasteiger partial charge in [0.2, 0.25) is 0 Å². The van der Waals surface area contributed by atoms with E-state index >= 15 is 0 Å². The van der Waals surface area contributed by atoms with Crippen molar-refractivity contribution in [3.63, 3.8) is 0 Å². The summed E-state index contributed by atoms with van der Waals surface area (Å²) in [5, 5.41) is 0. The zero-order valence-electron chi connectivity index (χ0n) is 36.8. The van der Waals surface area contributed by atoms with Gasteiger partial charge in [-0.2, -0.15) is 0 Å². The minimum Gasteiger partial charge on any atom is -0.460 e. The Balaban J connectivity index is 0.982. The van der Waals surface area contributed by atoms with Crippen molar-refractivity contribution in [3.8, 4) is 0 Å². The molecule has 12 rings (SSSR count). The van der Waals surface area contributed by atoms with Crippen LogP contribution in [0.15, 0.2) is 222 Å². The van der Waals surface area contributed by atoms with Crippen LogP contribution in [-0.2, 0) is 23.0 Å². The van der Waals surface area contributed by atoms with Crippen molar-refractivity contribution in [1.82, 2.24) is 0 Å². The first kappa shape index (κ1) is 39.2. The molecule has 3 heteroatoms. The summed E-state index contributed by atoms with van der Waals surface area (Å²) in [7, 11) is 0. The molecule has 5 aromatic carbocycles. The van der Waals surface area contributed by atoms with Gasteiger partial charge in [0.05, 0.1) is 5.41 Å². The first-order chi connectivity index (χ1) is 32.1. The number of nitrogens with zero attached hydrogens (tertiary/aromatic N) is 1. The maximum absolute atomic E-state index is 6.71. The topological polar surface area (TPSA) is 25.6 Å². The molecular formula is C62H51NO2. The second-order valence-corrected chi connectivity index (χ2v) is 18.2. The van der Waals surface area contributed by atoms with E-state index in [-0.39, 0.29) is 11.8 Å². The molecule has 0 amide bonds. The molecule has 4 atom stereocenters. The van der Waals surface area contributed by atoms with Crippen LogP contribution in [0.1, 0.15) is 88.1 Å². The highest BCUT2D eigenvalue weighted by atomic mass is 16.5. The van der Waals surface area contributed by atoms with Crippen molar-refractivity contribution in [2.45, 2.75) is 50.4 Å². The summed E-state index contributed by atoms with van der Waals surface area (Å²) in [4.78, 5) is 2.41. The van der Waals surface area contributed by atoms with Crippen molar-refractivity contribution >= 4 is 34.5 Å². The summed E-state index contributed by atoms with van der Waals surface area (Å²) in [5.41, 5.74) is 16.4. The molecule has 0 saturated heterocycles. The fourth-order valence-corrected chi connectivity index (χ4v) is 11.6. The van der Waals surface area contributed by atoms with Gasteiger partial charge in [-0.1, -0.05) is 153 Å². The Bertz CT molecular complexity index is 3120. The number of benzene rings is 5. The van der Waals surface area contributed by atoms with E-state index in [0.717, 1.165) is 83.3 Å². The Morgan fingerprint density at radius 2 is 1.45 bits per heavy atom. The number of aryl methyl sites for hydroxylation is 1. The molecule has 0 N–H and O–H groups in total. The highest BCUT2D eigenvalue weighted by molar-refractivity contribution is 5.85. The maximum Gasteiger partial charge on any atom is 0.138 e. The molecule has 5 aliphatic carbocycles. The number of allylic oxidation sites excluding steroid dienone is 13. The number of anilines is 3. The molecule has 4 unspecified atom stereocenters. The third-order valence-corrected chi connectivity index (χ3v) is 14.6. The number of rotatable bonds is 7. The largest absolute Gasteiger partial charge is 0.460 e. The van der Waals surface area contributed by atoms with Crippen LogP contribution in [0, 0.1) is 11.8 Å². The van der Waals surface area contributed by atoms with Gasteiger partial charge in [0, 0.05) is 63.2 Å². The molecule has 0 bridgehead atoms. The van der Waals surface area contributed by atoms with Gasteiger partial charge >= 0.3 is 0 Å². The normalized spacial score (nSPS) is 23.7. The molecule has 0 radical (unpaired) electrons. The molecule has 0 saturated carbocycles. The molecule has 65 heavy (non-hydrogen) atoms. The van der Waals surface area contributed by atoms with Gasteiger partial charge in [-0.3, -0.25) is 0 Å². The zero-order chi connectivity index (χ0) is 43.5. The molecule has 1 aliphatic heterocycles. The molecule has 2 heterocycles. The van der Waals surface area contributed by atoms with Crippen LogP contribution in [-0.4, -0.2) is 0 Å². The van der Waals surface area contributed by atoms with E-state index < -0.39 is 5.41 Å². The summed E-state index contributed by atoms with van der Waals surface area (Å²) in [6.07, 6.45) is 31.8. The first-order valence-electron chi connectivity index (χ1n) is 23.4. The minimum absolute atomic E-state index is 0.215. The van der Waals surface area contributed by atoms with E-state index in [0.29, 0.717) is 5.92 Å². The lowest BCUT2D eigenvalue weighted by atomic mass is 9.63. The number of fused-ring (bicyclic) bond motifs is 6. The summed E-state index contributed by atoms with van der Waals surface area (Å²) < 4.78 is 13.3. The smallest absolute Gasteiger partial charge is 0.138 e. The molecule has 0 spiro atoms. The second-order valence-electron chi connectivity index (χ2n) is 18.2. The molecule has 3 nitrogen and oxygen atoms in total. The number of ether oxygens (including phenoxy) is 1. The van der Waals surface area contributed by atoms with Crippen LogP contribution in [0.2, 0.25) is 0 Å². The predicted octanol–water partition coefficient (Wildman–Crippen LogP) is 15.6. The Morgan fingerprint density at radius 3 is 2.29 bits per heavy atom. The predicted molar refractivity (Wildman–Crippen MR) is 267 cm³/mol. The van der Waals surface area contributed by atoms with Gasteiger partial charge in [0.15, 0.2) is 0 Å². The molecule has 6 aliphatic rings. The van der Waals surface area contributed by atoms with E-state index in [1.165, 1.54) is 50.1 Å². The van der Waals surface area contributed by atoms with Crippen molar-refractivity contribution in [2.24, 2.45) is 11.8 Å². The summed E-state index contributed by atoms with van der Waals surface area (Å²) >= 11 is 0. The Labute approximate surface area is 382 Å². The lowest BCUT2D eigenvalue weighted by Gasteiger charge is -2.39. The van der Waals surface area contributed by atoms with Crippen molar-refractivity contribution in [1.29, 1.82) is 0 Å². The summed E-state index contributed by atoms with van der Waals surface area (Å²) in [5.74, 6) is 4.70. The van der Waals surface area contributed by atoms with E-state index in [1.54, 1.807) is 0 Å². The summed E-state index contributed by atoms with van der Waals surface area (Å²) in [6, 6.07) is 47.5. The van der Waals surface area contributed by atoms with E-state index in [1.807, 2.05) is 0 Å². The lowest BCUT2D eigenvalue weighted by Crippen LogP contribution is -2.35. The van der Waals surface area contributed by atoms with Crippen LogP contribution in [0.4, 0.5) is 17.1 Å². The maximum atomic E-state index is 6.71. The molecule has 6 aromatic rings. The fourth-order valence-electron chi connectivity index (χ4n) is 11.6. The minimum atomic E-state index is -0.402. The highest BCUT2D eigenvalue weighted by Gasteiger charge is 2.52. The number of hydrogen-bond acceptors (Lipinski definition) is 3. The third kappa shape index (κ3) is 6.47. The van der Waals surface area contributed by atoms with Gasteiger partial charge in [-0.05, 0) is 126 Å². The Hall–Kier alpha value is -7.36. The van der Waals surface area contributed by atoms with Crippen LogP contribution in [0.3, 0.4) is 0 Å². The van der Waals surface area contributed by atoms with Gasteiger partial charge < -0.3 is 14.1 Å². The quantitative estimate of drug-likeness (QED) is 0.160. The van der Waals surface area contributed by atoms with Crippen molar-refractivity contribution in [2.75, 3.05) is 4.90 Å². The van der Waals surface area contributed by atoms with Crippen molar-refractivity contribution in [3.05, 3.63) is 274 Å². The lowest BCUT2D eigenvalue weighted by molar-refractivity contribution is 0.383. The van der Waals surface area contributed by atoms with E-state index in [2.05, 4.69) is 219 Å². The van der Waals surface area contributed by atoms with E-state index in [9.17, 15) is 0 Å². The monoisotopic (exact) mass is 841 g/mol. The van der Waals surface area contributed by atoms with Gasteiger partial charge in [0.1, 0.15) is 23.0 Å². The second kappa shape index (κ2) is 16.0. The number of furan rings is 1. The molecular weight excluding hydrogens is 791 g/mol. The van der Waals surface area contributed by atoms with Crippen LogP contribution in [0.5, 0.6) is 0 Å². The average molecular weight is 842 g/mol. The standard InChI is InChI=1S/C62H51NO2/c1-41-16-12-30-57(64-59-31-13-17-42(2)60(41)59)44-34-38-48(39-35-44)63(47-36-32-43(33-37-47)50-25-15-26-54-53-24-8-11-29-58(53)65-61(50)54)49-21-14-20-46(40-49)62(45-18-4-3-5-19-45)55-27-9-6-22-51(55)52-23-7-10-28-56(52)62/h3-10,12-14,16,18-25,27-28,30-40,42,51,55H,1,11,15,17,26,29H2,2H3/b16-12-,57-30-. The van der Waals surface area contributed by atoms with Crippen LogP contribution < -0.4 is 4.90 Å². The SMILES string of the molecule is C=C1/C=C\C=C(\c2ccc(N(c3ccc(C4=CCCc5c4oc4c5C=CCC4)cc3)c3cccc(C4(c5ccccc5)c5ccccc5C5C=CC=CC54)c3)cc2)OC2=C1C(C)CC=C2. The molecule has 0 fully saturated rings. The first-order valence-corrected chi connectivity index (χ1v) is 23.4. The Kier molecular flexibility index (Phi) is 9.67. The van der Waals surface area contributed by atoms with Gasteiger partial charge in [-0.15, -0.1) is 0 Å². The van der Waals surface area contributed by atoms with Crippen molar-refractivity contribution < 1.29 is 9.15 Å². The van der Waals surface area contributed by atoms with Gasteiger partial charge in [-0.25, -0.2) is 0 Å². The summed E-state index contributed by atoms with van der Waals surface area (Å²) in [6.45, 7) is 6.61.